The SMILES string of the molecule is C[C@H](NC(=O)c1ccc(N)cc1)C(=O)Nc1nc(-c2ccccc2)cs1. The lowest BCUT2D eigenvalue weighted by molar-refractivity contribution is -0.117. The average molecular weight is 366 g/mol. The van der Waals surface area contributed by atoms with Crippen LogP contribution >= 0.6 is 11.3 Å². The van der Waals surface area contributed by atoms with E-state index < -0.39 is 6.04 Å². The third-order valence-electron chi connectivity index (χ3n) is 3.72. The second-order valence-corrected chi connectivity index (χ2v) is 6.57. The number of benzene rings is 2. The highest BCUT2D eigenvalue weighted by molar-refractivity contribution is 7.14. The lowest BCUT2D eigenvalue weighted by Crippen LogP contribution is -2.41. The molecule has 0 saturated carbocycles. The molecule has 0 radical (unpaired) electrons. The smallest absolute Gasteiger partial charge is 0.251 e. The molecule has 0 saturated heterocycles. The lowest BCUT2D eigenvalue weighted by atomic mass is 10.2. The fourth-order valence-corrected chi connectivity index (χ4v) is 2.99. The van der Waals surface area contributed by atoms with Gasteiger partial charge < -0.3 is 16.4 Å². The first-order valence-corrected chi connectivity index (χ1v) is 8.89. The van der Waals surface area contributed by atoms with E-state index in [0.29, 0.717) is 16.4 Å². The summed E-state index contributed by atoms with van der Waals surface area (Å²) in [6.45, 7) is 1.62. The van der Waals surface area contributed by atoms with Crippen LogP contribution in [0.2, 0.25) is 0 Å². The van der Waals surface area contributed by atoms with E-state index in [1.165, 1.54) is 11.3 Å². The van der Waals surface area contributed by atoms with E-state index >= 15 is 0 Å². The maximum Gasteiger partial charge on any atom is 0.251 e. The largest absolute Gasteiger partial charge is 0.399 e. The van der Waals surface area contributed by atoms with Crippen molar-refractivity contribution in [1.82, 2.24) is 10.3 Å². The second kappa shape index (κ2) is 7.79. The summed E-state index contributed by atoms with van der Waals surface area (Å²) >= 11 is 1.34. The molecule has 6 nitrogen and oxygen atoms in total. The van der Waals surface area contributed by atoms with E-state index in [1.807, 2.05) is 35.7 Å². The van der Waals surface area contributed by atoms with Crippen LogP contribution in [-0.2, 0) is 4.79 Å². The molecular weight excluding hydrogens is 348 g/mol. The maximum absolute atomic E-state index is 12.3. The monoisotopic (exact) mass is 366 g/mol. The minimum absolute atomic E-state index is 0.331. The highest BCUT2D eigenvalue weighted by Gasteiger charge is 2.18. The summed E-state index contributed by atoms with van der Waals surface area (Å²) in [5, 5.41) is 7.76. The van der Waals surface area contributed by atoms with Gasteiger partial charge in [0.2, 0.25) is 5.91 Å². The van der Waals surface area contributed by atoms with Crippen molar-refractivity contribution in [3.8, 4) is 11.3 Å². The van der Waals surface area contributed by atoms with Crippen molar-refractivity contribution in [2.24, 2.45) is 0 Å². The molecule has 7 heteroatoms. The zero-order valence-corrected chi connectivity index (χ0v) is 14.9. The topological polar surface area (TPSA) is 97.1 Å². The Morgan fingerprint density at radius 1 is 1.08 bits per heavy atom. The first kappa shape index (κ1) is 17.6. The van der Waals surface area contributed by atoms with Gasteiger partial charge in [-0.15, -0.1) is 11.3 Å². The summed E-state index contributed by atoms with van der Waals surface area (Å²) in [7, 11) is 0. The molecule has 1 aromatic heterocycles. The van der Waals surface area contributed by atoms with Gasteiger partial charge in [-0.2, -0.15) is 0 Å². The molecule has 0 aliphatic heterocycles. The zero-order valence-electron chi connectivity index (χ0n) is 14.1. The second-order valence-electron chi connectivity index (χ2n) is 5.71. The number of rotatable bonds is 5. The van der Waals surface area contributed by atoms with Crippen molar-refractivity contribution in [3.63, 3.8) is 0 Å². The third kappa shape index (κ3) is 4.25. The van der Waals surface area contributed by atoms with Gasteiger partial charge in [-0.25, -0.2) is 4.98 Å². The van der Waals surface area contributed by atoms with E-state index in [0.717, 1.165) is 11.3 Å². The number of nitrogen functional groups attached to an aromatic ring is 1. The Morgan fingerprint density at radius 3 is 2.46 bits per heavy atom. The van der Waals surface area contributed by atoms with Gasteiger partial charge in [0.25, 0.3) is 5.91 Å². The number of anilines is 2. The minimum atomic E-state index is -0.705. The van der Waals surface area contributed by atoms with Gasteiger partial charge in [0.1, 0.15) is 6.04 Å². The molecule has 0 aliphatic rings. The highest BCUT2D eigenvalue weighted by atomic mass is 32.1. The minimum Gasteiger partial charge on any atom is -0.399 e. The number of amides is 2. The summed E-state index contributed by atoms with van der Waals surface area (Å²) in [6.07, 6.45) is 0. The Balaban J connectivity index is 1.60. The molecule has 0 bridgehead atoms. The van der Waals surface area contributed by atoms with Gasteiger partial charge in [-0.05, 0) is 31.2 Å². The third-order valence-corrected chi connectivity index (χ3v) is 4.48. The van der Waals surface area contributed by atoms with Crippen molar-refractivity contribution in [1.29, 1.82) is 0 Å². The molecular formula is C19H18N4O2S. The average Bonchev–Trinajstić information content (AvgIpc) is 3.11. The van der Waals surface area contributed by atoms with Gasteiger partial charge >= 0.3 is 0 Å². The molecule has 0 aliphatic carbocycles. The molecule has 132 valence electrons. The van der Waals surface area contributed by atoms with E-state index in [2.05, 4.69) is 15.6 Å². The standard InChI is InChI=1S/C19H18N4O2S/c1-12(21-18(25)14-7-9-15(20)10-8-14)17(24)23-19-22-16(11-26-19)13-5-3-2-4-6-13/h2-12H,20H2,1H3,(H,21,25)(H,22,23,24)/t12-/m0/s1. The van der Waals surface area contributed by atoms with Crippen LogP contribution < -0.4 is 16.4 Å². The number of aromatic nitrogens is 1. The quantitative estimate of drug-likeness (QED) is 0.604. The number of nitrogens with one attached hydrogen (secondary N) is 2. The summed E-state index contributed by atoms with van der Waals surface area (Å²) < 4.78 is 0. The molecule has 26 heavy (non-hydrogen) atoms. The molecule has 2 aromatic carbocycles. The van der Waals surface area contributed by atoms with Gasteiger partial charge in [0.15, 0.2) is 5.13 Å². The molecule has 1 atom stereocenters. The Labute approximate surface area is 155 Å². The summed E-state index contributed by atoms with van der Waals surface area (Å²) in [6, 6.07) is 15.5. The molecule has 0 fully saturated rings. The molecule has 3 rings (SSSR count). The molecule has 0 spiro atoms. The van der Waals surface area contributed by atoms with Crippen molar-refractivity contribution in [3.05, 3.63) is 65.5 Å². The molecule has 0 unspecified atom stereocenters. The van der Waals surface area contributed by atoms with Crippen molar-refractivity contribution in [2.75, 3.05) is 11.1 Å². The molecule has 3 aromatic rings. The zero-order chi connectivity index (χ0) is 18.5. The Bertz CT molecular complexity index is 907. The van der Waals surface area contributed by atoms with Gasteiger partial charge in [-0.3, -0.25) is 9.59 Å². The Morgan fingerprint density at radius 2 is 1.77 bits per heavy atom. The van der Waals surface area contributed by atoms with Crippen molar-refractivity contribution >= 4 is 34.0 Å². The van der Waals surface area contributed by atoms with Crippen LogP contribution in [0.3, 0.4) is 0 Å². The fourth-order valence-electron chi connectivity index (χ4n) is 2.27. The van der Waals surface area contributed by atoms with Crippen LogP contribution in [0.4, 0.5) is 10.8 Å². The van der Waals surface area contributed by atoms with Crippen molar-refractivity contribution < 1.29 is 9.59 Å². The molecule has 4 N–H and O–H groups in total. The number of hydrogen-bond acceptors (Lipinski definition) is 5. The summed E-state index contributed by atoms with van der Waals surface area (Å²) in [5.41, 5.74) is 8.40. The van der Waals surface area contributed by atoms with Gasteiger partial charge in [0.05, 0.1) is 5.69 Å². The van der Waals surface area contributed by atoms with Crippen LogP contribution in [0.5, 0.6) is 0 Å². The van der Waals surface area contributed by atoms with E-state index in [9.17, 15) is 9.59 Å². The van der Waals surface area contributed by atoms with E-state index in [-0.39, 0.29) is 11.8 Å². The van der Waals surface area contributed by atoms with Crippen molar-refractivity contribution in [2.45, 2.75) is 13.0 Å². The Hall–Kier alpha value is -3.19. The summed E-state index contributed by atoms with van der Waals surface area (Å²) in [5.74, 6) is -0.667. The van der Waals surface area contributed by atoms with E-state index in [1.54, 1.807) is 31.2 Å². The molecule has 2 amide bonds. The normalized spacial score (nSPS) is 11.6. The maximum atomic E-state index is 12.3. The number of nitrogens with two attached hydrogens (primary N) is 1. The predicted octanol–water partition coefficient (Wildman–Crippen LogP) is 3.15. The first-order chi connectivity index (χ1) is 12.5. The molecule has 1 heterocycles. The van der Waals surface area contributed by atoms with Crippen LogP contribution in [-0.4, -0.2) is 22.8 Å². The number of carbonyl (C=O) groups is 2. The van der Waals surface area contributed by atoms with Gasteiger partial charge in [0, 0.05) is 22.2 Å². The van der Waals surface area contributed by atoms with Crippen LogP contribution in [0.1, 0.15) is 17.3 Å². The number of nitrogens with zero attached hydrogens (tertiary/aromatic N) is 1. The summed E-state index contributed by atoms with van der Waals surface area (Å²) in [4.78, 5) is 28.9. The predicted molar refractivity (Wildman–Crippen MR) is 104 cm³/mol. The van der Waals surface area contributed by atoms with Crippen LogP contribution in [0, 0.1) is 0 Å². The van der Waals surface area contributed by atoms with Gasteiger partial charge in [-0.1, -0.05) is 30.3 Å². The first-order valence-electron chi connectivity index (χ1n) is 8.01. The van der Waals surface area contributed by atoms with Crippen LogP contribution in [0.25, 0.3) is 11.3 Å². The lowest BCUT2D eigenvalue weighted by Gasteiger charge is -2.13. The number of thiazole rings is 1. The van der Waals surface area contributed by atoms with E-state index in [4.69, 9.17) is 5.73 Å². The highest BCUT2D eigenvalue weighted by Crippen LogP contribution is 2.24. The number of carbonyl (C=O) groups excluding carboxylic acids is 2. The fraction of sp³-hybridized carbons (Fsp3) is 0.105. The Kier molecular flexibility index (Phi) is 5.28. The van der Waals surface area contributed by atoms with Crippen LogP contribution in [0.15, 0.2) is 60.0 Å². The number of hydrogen-bond donors (Lipinski definition) is 3.